The highest BCUT2D eigenvalue weighted by Crippen LogP contribution is 2.40. The summed E-state index contributed by atoms with van der Waals surface area (Å²) in [6.07, 6.45) is -0.178. The molecule has 8 rings (SSSR count). The van der Waals surface area contributed by atoms with Crippen molar-refractivity contribution in [3.05, 3.63) is 166 Å². The summed E-state index contributed by atoms with van der Waals surface area (Å²) in [4.78, 5) is 42.3. The van der Waals surface area contributed by atoms with E-state index in [1.165, 1.54) is 4.90 Å². The predicted molar refractivity (Wildman–Crippen MR) is 225 cm³/mol. The Morgan fingerprint density at radius 1 is 0.800 bits per heavy atom. The lowest BCUT2D eigenvalue weighted by Crippen LogP contribution is -2.46. The quantitative estimate of drug-likeness (QED) is 0.109. The van der Waals surface area contributed by atoms with Crippen molar-refractivity contribution >= 4 is 29.5 Å². The molecule has 3 aliphatic heterocycles. The highest BCUT2D eigenvalue weighted by molar-refractivity contribution is 6.30. The second-order valence-corrected chi connectivity index (χ2v) is 16.2. The number of carbonyl (C=O) groups excluding carboxylic acids is 3. The van der Waals surface area contributed by atoms with Gasteiger partial charge in [0, 0.05) is 36.6 Å². The molecule has 5 aromatic carbocycles. The molecule has 0 aliphatic carbocycles. The maximum atomic E-state index is 13.3. The molecule has 11 nitrogen and oxygen atoms in total. The highest BCUT2D eigenvalue weighted by atomic mass is 35.5. The number of benzene rings is 5. The molecule has 3 fully saturated rings. The number of aliphatic hydroxyl groups is 2. The number of aliphatic hydroxyl groups excluding tert-OH is 1. The number of hydrogen-bond acceptors (Lipinski definition) is 9. The number of hydrogen-bond donors (Lipinski definition) is 3. The van der Waals surface area contributed by atoms with Gasteiger partial charge in [0.25, 0.3) is 5.91 Å². The Labute approximate surface area is 354 Å². The monoisotopic (exact) mass is 829 g/mol. The van der Waals surface area contributed by atoms with Crippen LogP contribution in [0, 0.1) is 0 Å². The molecule has 3 amide bonds. The average Bonchev–Trinajstić information content (AvgIpc) is 3.54. The minimum absolute atomic E-state index is 0.0418. The molecule has 310 valence electrons. The average molecular weight is 830 g/mol. The van der Waals surface area contributed by atoms with E-state index in [4.69, 9.17) is 25.8 Å². The van der Waals surface area contributed by atoms with E-state index in [9.17, 15) is 24.6 Å². The summed E-state index contributed by atoms with van der Waals surface area (Å²) in [6.45, 7) is 2.15. The fourth-order valence-corrected chi connectivity index (χ4v) is 8.37. The van der Waals surface area contributed by atoms with Crippen LogP contribution >= 0.6 is 11.6 Å². The standard InChI is InChI=1S/C48H48ClN3O8/c49-40-18-16-39(17-19-40)48(57)20-22-51(23-21-48)29-41-26-43(35-14-12-32(30-53)13-15-35)60-46(59-41)38-11-5-10-37(25-38)36-9-4-8-34(24-36)28-52-44(54)27-42(45(52)55)50-47(56)58-31-33-6-2-1-3-7-33/h1-19,24-25,41-43,46,53,57H,20-23,26-31H2,(H,50,56)/t41-,42?,43+,46+/m0/s1. The fourth-order valence-electron chi connectivity index (χ4n) is 8.24. The van der Waals surface area contributed by atoms with Gasteiger partial charge in [-0.25, -0.2) is 4.79 Å². The largest absolute Gasteiger partial charge is 0.445 e. The first kappa shape index (κ1) is 41.3. The lowest BCUT2D eigenvalue weighted by atomic mass is 9.84. The summed E-state index contributed by atoms with van der Waals surface area (Å²) in [5.41, 5.74) is 5.99. The van der Waals surface area contributed by atoms with Crippen LogP contribution in [0.3, 0.4) is 0 Å². The molecule has 0 radical (unpaired) electrons. The van der Waals surface area contributed by atoms with Gasteiger partial charge in [-0.05, 0) is 76.1 Å². The molecule has 0 bridgehead atoms. The summed E-state index contributed by atoms with van der Waals surface area (Å²) in [5, 5.41) is 24.4. The van der Waals surface area contributed by atoms with Gasteiger partial charge >= 0.3 is 6.09 Å². The number of ether oxygens (including phenoxy) is 3. The van der Waals surface area contributed by atoms with E-state index in [0.717, 1.165) is 44.5 Å². The first-order valence-corrected chi connectivity index (χ1v) is 20.7. The number of carbonyl (C=O) groups is 3. The van der Waals surface area contributed by atoms with Crippen LogP contribution in [-0.2, 0) is 49.2 Å². The van der Waals surface area contributed by atoms with Crippen LogP contribution in [0.25, 0.3) is 11.1 Å². The van der Waals surface area contributed by atoms with Crippen molar-refractivity contribution in [1.29, 1.82) is 0 Å². The molecule has 3 saturated heterocycles. The van der Waals surface area contributed by atoms with Crippen LogP contribution in [0.15, 0.2) is 127 Å². The molecule has 3 aliphatic rings. The molecule has 5 aromatic rings. The lowest BCUT2D eigenvalue weighted by Gasteiger charge is -2.42. The number of rotatable bonds is 12. The zero-order chi connectivity index (χ0) is 41.6. The zero-order valence-corrected chi connectivity index (χ0v) is 33.9. The molecule has 0 saturated carbocycles. The summed E-state index contributed by atoms with van der Waals surface area (Å²) >= 11 is 6.11. The molecule has 12 heteroatoms. The van der Waals surface area contributed by atoms with Gasteiger partial charge in [-0.2, -0.15) is 0 Å². The normalized spacial score (nSPS) is 21.8. The molecular formula is C48H48ClN3O8. The van der Waals surface area contributed by atoms with Crippen LogP contribution in [0.1, 0.15) is 71.5 Å². The predicted octanol–water partition coefficient (Wildman–Crippen LogP) is 7.58. The Balaban J connectivity index is 0.940. The first-order chi connectivity index (χ1) is 29.1. The van der Waals surface area contributed by atoms with Crippen LogP contribution in [0.4, 0.5) is 4.79 Å². The number of imide groups is 1. The Morgan fingerprint density at radius 3 is 2.23 bits per heavy atom. The molecule has 3 N–H and O–H groups in total. The van der Waals surface area contributed by atoms with E-state index in [2.05, 4.69) is 10.2 Å². The lowest BCUT2D eigenvalue weighted by molar-refractivity contribution is -0.253. The fraction of sp³-hybridized carbons (Fsp3) is 0.312. The topological polar surface area (TPSA) is 138 Å². The van der Waals surface area contributed by atoms with Gasteiger partial charge in [-0.3, -0.25) is 14.5 Å². The maximum Gasteiger partial charge on any atom is 0.408 e. The van der Waals surface area contributed by atoms with Gasteiger partial charge in [-0.1, -0.05) is 115 Å². The maximum absolute atomic E-state index is 13.3. The third kappa shape index (κ3) is 9.79. The number of piperidine rings is 1. The first-order valence-electron chi connectivity index (χ1n) is 20.3. The van der Waals surface area contributed by atoms with Crippen LogP contribution < -0.4 is 5.32 Å². The zero-order valence-electron chi connectivity index (χ0n) is 33.1. The van der Waals surface area contributed by atoms with Gasteiger partial charge in [0.2, 0.25) is 5.91 Å². The van der Waals surface area contributed by atoms with Crippen LogP contribution in [-0.4, -0.2) is 69.7 Å². The van der Waals surface area contributed by atoms with Crippen LogP contribution in [0.5, 0.6) is 0 Å². The Hall–Kier alpha value is -5.40. The van der Waals surface area contributed by atoms with Gasteiger partial charge in [-0.15, -0.1) is 0 Å². The molecule has 3 heterocycles. The number of nitrogens with zero attached hydrogens (tertiary/aromatic N) is 2. The van der Waals surface area contributed by atoms with Gasteiger partial charge in [0.05, 0.1) is 37.4 Å². The SMILES string of the molecule is O=C(NC1CC(=O)N(Cc2cccc(-c3cccc([C@@H]4O[C@H](CN5CCC(O)(c6ccc(Cl)cc6)CC5)C[C@H](c5ccc(CO)cc5)O4)c3)c2)C1=O)OCc1ccccc1. The summed E-state index contributed by atoms with van der Waals surface area (Å²) < 4.78 is 18.7. The second kappa shape index (κ2) is 18.5. The molecule has 0 spiro atoms. The minimum atomic E-state index is -0.996. The number of alkyl carbamates (subject to hydrolysis) is 1. The van der Waals surface area contributed by atoms with Crippen molar-refractivity contribution in [3.63, 3.8) is 0 Å². The van der Waals surface area contributed by atoms with Crippen molar-refractivity contribution in [3.8, 4) is 11.1 Å². The summed E-state index contributed by atoms with van der Waals surface area (Å²) in [5.74, 6) is -0.850. The van der Waals surface area contributed by atoms with E-state index in [0.29, 0.717) is 43.9 Å². The van der Waals surface area contributed by atoms with Crippen molar-refractivity contribution in [2.45, 2.75) is 75.6 Å². The van der Waals surface area contributed by atoms with Crippen molar-refractivity contribution in [2.24, 2.45) is 0 Å². The van der Waals surface area contributed by atoms with E-state index in [-0.39, 0.29) is 44.3 Å². The molecule has 0 aromatic heterocycles. The summed E-state index contributed by atoms with van der Waals surface area (Å²) in [7, 11) is 0. The molecular weight excluding hydrogens is 782 g/mol. The van der Waals surface area contributed by atoms with Gasteiger partial charge < -0.3 is 34.6 Å². The van der Waals surface area contributed by atoms with Gasteiger partial charge in [0.15, 0.2) is 6.29 Å². The van der Waals surface area contributed by atoms with Crippen LogP contribution in [0.2, 0.25) is 5.02 Å². The Morgan fingerprint density at radius 2 is 1.50 bits per heavy atom. The number of amides is 3. The van der Waals surface area contributed by atoms with Crippen molar-refractivity contribution < 1.29 is 38.8 Å². The van der Waals surface area contributed by atoms with E-state index >= 15 is 0 Å². The minimum Gasteiger partial charge on any atom is -0.445 e. The van der Waals surface area contributed by atoms with E-state index < -0.39 is 29.9 Å². The third-order valence-electron chi connectivity index (χ3n) is 11.7. The Kier molecular flexibility index (Phi) is 12.7. The number of likely N-dealkylation sites (tertiary alicyclic amines) is 2. The molecule has 60 heavy (non-hydrogen) atoms. The van der Waals surface area contributed by atoms with Gasteiger partial charge in [0.1, 0.15) is 12.6 Å². The molecule has 1 unspecified atom stereocenters. The smallest absolute Gasteiger partial charge is 0.408 e. The molecule has 4 atom stereocenters. The number of halogens is 1. The third-order valence-corrected chi connectivity index (χ3v) is 11.9. The van der Waals surface area contributed by atoms with Crippen molar-refractivity contribution in [1.82, 2.24) is 15.1 Å². The Bertz CT molecular complexity index is 2280. The van der Waals surface area contributed by atoms with E-state index in [1.54, 1.807) is 0 Å². The van der Waals surface area contributed by atoms with E-state index in [1.807, 2.05) is 127 Å². The summed E-state index contributed by atoms with van der Waals surface area (Å²) in [6, 6.07) is 39.1. The van der Waals surface area contributed by atoms with Crippen molar-refractivity contribution in [2.75, 3.05) is 19.6 Å². The second-order valence-electron chi connectivity index (χ2n) is 15.8. The highest BCUT2D eigenvalue weighted by Gasteiger charge is 2.40. The number of nitrogens with one attached hydrogen (secondary N) is 1.